The van der Waals surface area contributed by atoms with E-state index in [0.717, 1.165) is 16.7 Å². The predicted octanol–water partition coefficient (Wildman–Crippen LogP) is 3.05. The third-order valence-corrected chi connectivity index (χ3v) is 6.10. The third kappa shape index (κ3) is 3.19. The molecule has 2 aromatic carbocycles. The van der Waals surface area contributed by atoms with Crippen LogP contribution < -0.4 is 10.5 Å². The zero-order valence-electron chi connectivity index (χ0n) is 17.7. The van der Waals surface area contributed by atoms with Crippen LogP contribution in [0.4, 0.5) is 4.39 Å². The van der Waals surface area contributed by atoms with Crippen LogP contribution in [0, 0.1) is 5.82 Å². The summed E-state index contributed by atoms with van der Waals surface area (Å²) in [7, 11) is 1.62. The molecule has 2 aliphatic rings. The molecule has 8 heteroatoms. The molecule has 5 rings (SSSR count). The molecule has 2 aliphatic heterocycles. The molecular formula is C24H22FN5O2. The van der Waals surface area contributed by atoms with Gasteiger partial charge in [-0.15, -0.1) is 0 Å². The van der Waals surface area contributed by atoms with Gasteiger partial charge in [0.2, 0.25) is 0 Å². The lowest BCUT2D eigenvalue weighted by atomic mass is 9.74. The quantitative estimate of drug-likeness (QED) is 0.688. The van der Waals surface area contributed by atoms with Crippen LogP contribution in [0.3, 0.4) is 0 Å². The summed E-state index contributed by atoms with van der Waals surface area (Å²) in [6.45, 7) is 1.94. The molecule has 1 spiro atoms. The van der Waals surface area contributed by atoms with Gasteiger partial charge in [-0.1, -0.05) is 18.2 Å². The number of aromatic nitrogens is 2. The number of rotatable bonds is 3. The zero-order chi connectivity index (χ0) is 22.5. The van der Waals surface area contributed by atoms with Gasteiger partial charge in [0.15, 0.2) is 11.5 Å². The number of amides is 1. The molecule has 3 heterocycles. The van der Waals surface area contributed by atoms with Gasteiger partial charge in [-0.25, -0.2) is 19.4 Å². The number of carbonyl (C=O) groups excluding carboxylic acids is 1. The first-order valence-electron chi connectivity index (χ1n) is 10.3. The van der Waals surface area contributed by atoms with Crippen LogP contribution >= 0.6 is 0 Å². The van der Waals surface area contributed by atoms with E-state index < -0.39 is 11.1 Å². The standard InChI is InChI=1S/C24H22FN5O2/c1-23(10-15-3-6-18(25)7-4-15)13-24(21(31)30(2)22(26)29-24)19-9-16(5-8-20(19)32-23)17-11-27-14-28-12-17/h3-9,11-12,14H,10,13H2,1-2H3,(H2,26,29)/t23-,24-/m1/s1. The lowest BCUT2D eigenvalue weighted by Gasteiger charge is -2.43. The van der Waals surface area contributed by atoms with Crippen molar-refractivity contribution >= 4 is 11.9 Å². The van der Waals surface area contributed by atoms with Gasteiger partial charge >= 0.3 is 0 Å². The van der Waals surface area contributed by atoms with Gasteiger partial charge in [0.25, 0.3) is 5.91 Å². The van der Waals surface area contributed by atoms with E-state index in [2.05, 4.69) is 15.0 Å². The lowest BCUT2D eigenvalue weighted by Crippen LogP contribution is -2.51. The molecule has 0 saturated carbocycles. The SMILES string of the molecule is CN1C(=O)[C@]2(C[C@@](C)(Cc3ccc(F)cc3)Oc3ccc(-c4cncnc4)cc32)N=C1N. The first kappa shape index (κ1) is 20.1. The topological polar surface area (TPSA) is 93.7 Å². The zero-order valence-corrected chi connectivity index (χ0v) is 17.7. The van der Waals surface area contributed by atoms with E-state index in [1.807, 2.05) is 25.1 Å². The summed E-state index contributed by atoms with van der Waals surface area (Å²) in [5.41, 5.74) is 7.37. The van der Waals surface area contributed by atoms with Crippen LogP contribution in [-0.2, 0) is 16.8 Å². The normalized spacial score (nSPS) is 24.3. The lowest BCUT2D eigenvalue weighted by molar-refractivity contribution is -0.133. The fourth-order valence-corrected chi connectivity index (χ4v) is 4.63. The first-order valence-corrected chi connectivity index (χ1v) is 10.3. The van der Waals surface area contributed by atoms with Crippen LogP contribution in [-0.4, -0.2) is 39.4 Å². The Labute approximate surface area is 184 Å². The number of halogens is 1. The number of hydrogen-bond acceptors (Lipinski definition) is 6. The Morgan fingerprint density at radius 1 is 1.12 bits per heavy atom. The predicted molar refractivity (Wildman–Crippen MR) is 117 cm³/mol. The van der Waals surface area contributed by atoms with Crippen LogP contribution in [0.25, 0.3) is 11.1 Å². The molecule has 162 valence electrons. The van der Waals surface area contributed by atoms with Gasteiger partial charge in [0.1, 0.15) is 23.5 Å². The van der Waals surface area contributed by atoms with Crippen molar-refractivity contribution in [2.75, 3.05) is 7.05 Å². The molecule has 1 aromatic heterocycles. The number of guanidine groups is 1. The molecule has 0 bridgehead atoms. The maximum absolute atomic E-state index is 13.5. The molecule has 0 saturated heterocycles. The molecule has 7 nitrogen and oxygen atoms in total. The highest BCUT2D eigenvalue weighted by atomic mass is 19.1. The molecule has 0 aliphatic carbocycles. The van der Waals surface area contributed by atoms with Gasteiger partial charge in [0, 0.05) is 43.4 Å². The highest BCUT2D eigenvalue weighted by molar-refractivity contribution is 6.07. The Morgan fingerprint density at radius 2 is 1.84 bits per heavy atom. The summed E-state index contributed by atoms with van der Waals surface area (Å²) in [4.78, 5) is 27.7. The van der Waals surface area contributed by atoms with Crippen molar-refractivity contribution in [3.63, 3.8) is 0 Å². The maximum atomic E-state index is 13.5. The van der Waals surface area contributed by atoms with E-state index >= 15 is 0 Å². The number of hydrogen-bond donors (Lipinski definition) is 1. The minimum atomic E-state index is -1.20. The van der Waals surface area contributed by atoms with Crippen molar-refractivity contribution in [1.29, 1.82) is 0 Å². The Bertz CT molecular complexity index is 1230. The van der Waals surface area contributed by atoms with E-state index in [1.54, 1.807) is 31.6 Å². The number of nitrogens with zero attached hydrogens (tertiary/aromatic N) is 4. The van der Waals surface area contributed by atoms with Crippen molar-refractivity contribution in [3.8, 4) is 16.9 Å². The number of likely N-dealkylation sites (N-methyl/N-ethyl adjacent to an activating group) is 1. The minimum absolute atomic E-state index is 0.167. The smallest absolute Gasteiger partial charge is 0.261 e. The number of nitrogens with two attached hydrogens (primary N) is 1. The van der Waals surface area contributed by atoms with Crippen molar-refractivity contribution in [1.82, 2.24) is 14.9 Å². The van der Waals surface area contributed by atoms with Crippen molar-refractivity contribution in [2.45, 2.75) is 30.9 Å². The fraction of sp³-hybridized carbons (Fsp3) is 0.250. The second-order valence-corrected chi connectivity index (χ2v) is 8.56. The minimum Gasteiger partial charge on any atom is -0.487 e. The Balaban J connectivity index is 1.63. The van der Waals surface area contributed by atoms with E-state index in [4.69, 9.17) is 10.5 Å². The number of ether oxygens (including phenoxy) is 1. The largest absolute Gasteiger partial charge is 0.487 e. The van der Waals surface area contributed by atoms with E-state index in [-0.39, 0.29) is 17.7 Å². The van der Waals surface area contributed by atoms with Crippen molar-refractivity contribution < 1.29 is 13.9 Å². The number of fused-ring (bicyclic) bond motifs is 2. The summed E-state index contributed by atoms with van der Waals surface area (Å²) in [5, 5.41) is 0. The highest BCUT2D eigenvalue weighted by Crippen LogP contribution is 2.50. The van der Waals surface area contributed by atoms with Crippen LogP contribution in [0.15, 0.2) is 66.2 Å². The third-order valence-electron chi connectivity index (χ3n) is 6.10. The van der Waals surface area contributed by atoms with E-state index in [0.29, 0.717) is 24.2 Å². The molecule has 2 atom stereocenters. The molecule has 32 heavy (non-hydrogen) atoms. The molecule has 3 aromatic rings. The van der Waals surface area contributed by atoms with Gasteiger partial charge in [-0.05, 0) is 42.3 Å². The Kier molecular flexibility index (Phi) is 4.47. The summed E-state index contributed by atoms with van der Waals surface area (Å²) >= 11 is 0. The highest BCUT2D eigenvalue weighted by Gasteiger charge is 2.56. The second-order valence-electron chi connectivity index (χ2n) is 8.56. The van der Waals surface area contributed by atoms with Crippen molar-refractivity contribution in [3.05, 3.63) is 78.1 Å². The Morgan fingerprint density at radius 3 is 2.50 bits per heavy atom. The average Bonchev–Trinajstić information content (AvgIpc) is 2.99. The van der Waals surface area contributed by atoms with Gasteiger partial charge in [-0.3, -0.25) is 9.69 Å². The van der Waals surface area contributed by atoms with Gasteiger partial charge < -0.3 is 10.5 Å². The van der Waals surface area contributed by atoms with Gasteiger partial charge in [-0.2, -0.15) is 0 Å². The monoisotopic (exact) mass is 431 g/mol. The van der Waals surface area contributed by atoms with Gasteiger partial charge in [0.05, 0.1) is 0 Å². The summed E-state index contributed by atoms with van der Waals surface area (Å²) in [6.07, 6.45) is 5.67. The van der Waals surface area contributed by atoms with Crippen molar-refractivity contribution in [2.24, 2.45) is 10.7 Å². The summed E-state index contributed by atoms with van der Waals surface area (Å²) in [6, 6.07) is 12.0. The molecular weight excluding hydrogens is 409 g/mol. The van der Waals surface area contributed by atoms with Crippen LogP contribution in [0.2, 0.25) is 0 Å². The number of benzene rings is 2. The number of aliphatic imine (C=N–C) groups is 1. The average molecular weight is 431 g/mol. The van der Waals surface area contributed by atoms with E-state index in [9.17, 15) is 9.18 Å². The Hall–Kier alpha value is -3.81. The first-order chi connectivity index (χ1) is 15.3. The molecule has 2 N–H and O–H groups in total. The summed E-state index contributed by atoms with van der Waals surface area (Å²) < 4.78 is 19.8. The number of carbonyl (C=O) groups is 1. The van der Waals surface area contributed by atoms with Crippen LogP contribution in [0.5, 0.6) is 5.75 Å². The summed E-state index contributed by atoms with van der Waals surface area (Å²) in [5.74, 6) is 0.237. The molecule has 0 unspecified atom stereocenters. The van der Waals surface area contributed by atoms with Crippen LogP contribution in [0.1, 0.15) is 24.5 Å². The van der Waals surface area contributed by atoms with E-state index in [1.165, 1.54) is 23.4 Å². The second kappa shape index (κ2) is 7.12. The maximum Gasteiger partial charge on any atom is 0.261 e. The molecule has 0 fully saturated rings. The molecule has 0 radical (unpaired) electrons. The fourth-order valence-electron chi connectivity index (χ4n) is 4.63. The molecule has 1 amide bonds.